The molecule has 0 spiro atoms. The summed E-state index contributed by atoms with van der Waals surface area (Å²) in [5, 5.41) is 3.05. The summed E-state index contributed by atoms with van der Waals surface area (Å²) in [6, 6.07) is 4.21. The van der Waals surface area contributed by atoms with Gasteiger partial charge in [0.15, 0.2) is 0 Å². The fraction of sp³-hybridized carbons (Fsp3) is 0.647. The van der Waals surface area contributed by atoms with E-state index in [4.69, 9.17) is 0 Å². The van der Waals surface area contributed by atoms with Crippen LogP contribution in [0.3, 0.4) is 0 Å². The molecule has 1 N–H and O–H groups in total. The maximum Gasteiger partial charge on any atom is 0.225 e. The summed E-state index contributed by atoms with van der Waals surface area (Å²) in [5.74, 6) is 2.76. The van der Waals surface area contributed by atoms with E-state index < -0.39 is 0 Å². The summed E-state index contributed by atoms with van der Waals surface area (Å²) in [6.45, 7) is 2.21. The highest BCUT2D eigenvalue weighted by atomic mass is 79.9. The predicted octanol–water partition coefficient (Wildman–Crippen LogP) is 3.51. The van der Waals surface area contributed by atoms with Crippen molar-refractivity contribution in [2.45, 2.75) is 31.4 Å². The SMILES string of the molecule is O=C(NCCSCc1ccc(Br)s1)C1CCN(C(=O)C2CC2)CC1. The average molecular weight is 431 g/mol. The van der Waals surface area contributed by atoms with E-state index in [1.54, 1.807) is 11.3 Å². The minimum absolute atomic E-state index is 0.0755. The molecule has 2 amide bonds. The Morgan fingerprint density at radius 3 is 2.58 bits per heavy atom. The van der Waals surface area contributed by atoms with Gasteiger partial charge in [-0.25, -0.2) is 0 Å². The summed E-state index contributed by atoms with van der Waals surface area (Å²) >= 11 is 7.07. The zero-order valence-electron chi connectivity index (χ0n) is 13.6. The number of thioether (sulfide) groups is 1. The second-order valence-corrected chi connectivity index (χ2v) is 10.1. The number of carbonyl (C=O) groups is 2. The van der Waals surface area contributed by atoms with Gasteiger partial charge in [0.2, 0.25) is 11.8 Å². The van der Waals surface area contributed by atoms with Gasteiger partial charge in [-0.1, -0.05) is 0 Å². The molecule has 0 bridgehead atoms. The van der Waals surface area contributed by atoms with Crippen LogP contribution in [0.15, 0.2) is 15.9 Å². The van der Waals surface area contributed by atoms with Gasteiger partial charge in [-0.05, 0) is 53.7 Å². The number of carbonyl (C=O) groups excluding carboxylic acids is 2. The minimum atomic E-state index is 0.0755. The van der Waals surface area contributed by atoms with Crippen LogP contribution in [0.4, 0.5) is 0 Å². The number of rotatable bonds is 7. The van der Waals surface area contributed by atoms with E-state index in [9.17, 15) is 9.59 Å². The van der Waals surface area contributed by atoms with E-state index >= 15 is 0 Å². The quantitative estimate of drug-likeness (QED) is 0.673. The van der Waals surface area contributed by atoms with Gasteiger partial charge >= 0.3 is 0 Å². The van der Waals surface area contributed by atoms with Crippen molar-refractivity contribution >= 4 is 50.8 Å². The monoisotopic (exact) mass is 430 g/mol. The first-order chi connectivity index (χ1) is 11.6. The molecule has 0 radical (unpaired) electrons. The zero-order valence-corrected chi connectivity index (χ0v) is 16.9. The molecule has 2 heterocycles. The third-order valence-corrected chi connectivity index (χ3v) is 7.34. The zero-order chi connectivity index (χ0) is 16.9. The molecule has 1 saturated heterocycles. The van der Waals surface area contributed by atoms with Gasteiger partial charge < -0.3 is 10.2 Å². The average Bonchev–Trinajstić information content (AvgIpc) is 3.36. The lowest BCUT2D eigenvalue weighted by molar-refractivity contribution is -0.136. The van der Waals surface area contributed by atoms with Gasteiger partial charge in [-0.2, -0.15) is 11.8 Å². The van der Waals surface area contributed by atoms with E-state index in [0.717, 1.165) is 60.6 Å². The van der Waals surface area contributed by atoms with Gasteiger partial charge in [0.1, 0.15) is 0 Å². The topological polar surface area (TPSA) is 49.4 Å². The molecular formula is C17H23BrN2O2S2. The molecule has 24 heavy (non-hydrogen) atoms. The van der Waals surface area contributed by atoms with Crippen LogP contribution in [0.5, 0.6) is 0 Å². The Kier molecular flexibility index (Phi) is 6.63. The molecule has 0 unspecified atom stereocenters. The normalized spacial score (nSPS) is 18.6. The van der Waals surface area contributed by atoms with Crippen molar-refractivity contribution in [1.82, 2.24) is 10.2 Å². The van der Waals surface area contributed by atoms with Crippen LogP contribution in [0.1, 0.15) is 30.6 Å². The molecule has 1 aliphatic carbocycles. The van der Waals surface area contributed by atoms with Crippen LogP contribution < -0.4 is 5.32 Å². The van der Waals surface area contributed by atoms with Gasteiger partial charge in [0.25, 0.3) is 0 Å². The van der Waals surface area contributed by atoms with Crippen molar-refractivity contribution in [3.05, 3.63) is 20.8 Å². The third-order valence-electron chi connectivity index (χ3n) is 4.52. The lowest BCUT2D eigenvalue weighted by atomic mass is 9.95. The second-order valence-electron chi connectivity index (χ2n) is 6.42. The van der Waals surface area contributed by atoms with Crippen molar-refractivity contribution in [2.24, 2.45) is 11.8 Å². The largest absolute Gasteiger partial charge is 0.355 e. The summed E-state index contributed by atoms with van der Waals surface area (Å²) in [6.07, 6.45) is 3.72. The maximum absolute atomic E-state index is 12.2. The number of piperidine rings is 1. The molecule has 132 valence electrons. The highest BCUT2D eigenvalue weighted by Gasteiger charge is 2.35. The Bertz CT molecular complexity index is 581. The third kappa shape index (κ3) is 5.23. The summed E-state index contributed by atoms with van der Waals surface area (Å²) in [5.41, 5.74) is 0. The standard InChI is InChI=1S/C17H23BrN2O2S2/c18-15-4-3-14(24-15)11-23-10-7-19-16(21)12-5-8-20(9-6-12)17(22)13-1-2-13/h3-4,12-13H,1-2,5-11H2,(H,19,21). The van der Waals surface area contributed by atoms with Crippen LogP contribution in [-0.4, -0.2) is 42.1 Å². The van der Waals surface area contributed by atoms with Crippen molar-refractivity contribution < 1.29 is 9.59 Å². The summed E-state index contributed by atoms with van der Waals surface area (Å²) in [4.78, 5) is 27.6. The Morgan fingerprint density at radius 2 is 1.96 bits per heavy atom. The molecule has 0 aromatic carbocycles. The Labute approximate surface area is 159 Å². The molecule has 1 saturated carbocycles. The molecular weight excluding hydrogens is 408 g/mol. The fourth-order valence-corrected chi connectivity index (χ4v) is 5.40. The van der Waals surface area contributed by atoms with Crippen LogP contribution >= 0.6 is 39.0 Å². The van der Waals surface area contributed by atoms with Gasteiger partial charge in [0, 0.05) is 47.9 Å². The number of hydrogen-bond donors (Lipinski definition) is 1. The van der Waals surface area contributed by atoms with Crippen LogP contribution in [-0.2, 0) is 15.3 Å². The molecule has 3 rings (SSSR count). The number of nitrogens with zero attached hydrogens (tertiary/aromatic N) is 1. The summed E-state index contributed by atoms with van der Waals surface area (Å²) < 4.78 is 1.16. The highest BCUT2D eigenvalue weighted by Crippen LogP contribution is 2.32. The van der Waals surface area contributed by atoms with E-state index in [0.29, 0.717) is 5.91 Å². The van der Waals surface area contributed by atoms with Crippen LogP contribution in [0.25, 0.3) is 0 Å². The predicted molar refractivity (Wildman–Crippen MR) is 103 cm³/mol. The Balaban J connectivity index is 1.28. The number of nitrogens with one attached hydrogen (secondary N) is 1. The van der Waals surface area contributed by atoms with E-state index in [1.807, 2.05) is 16.7 Å². The fourth-order valence-electron chi connectivity index (χ4n) is 2.94. The van der Waals surface area contributed by atoms with Gasteiger partial charge in [-0.3, -0.25) is 9.59 Å². The number of hydrogen-bond acceptors (Lipinski definition) is 4. The van der Waals surface area contributed by atoms with Crippen molar-refractivity contribution in [2.75, 3.05) is 25.4 Å². The minimum Gasteiger partial charge on any atom is -0.355 e. The van der Waals surface area contributed by atoms with Crippen molar-refractivity contribution in [1.29, 1.82) is 0 Å². The molecule has 1 aromatic heterocycles. The first-order valence-corrected chi connectivity index (χ1v) is 11.3. The Hall–Kier alpha value is -0.530. The van der Waals surface area contributed by atoms with Gasteiger partial charge in [0.05, 0.1) is 3.79 Å². The molecule has 2 fully saturated rings. The first kappa shape index (κ1) is 18.3. The van der Waals surface area contributed by atoms with Crippen LogP contribution in [0.2, 0.25) is 0 Å². The molecule has 0 atom stereocenters. The lowest BCUT2D eigenvalue weighted by Gasteiger charge is -2.31. The van der Waals surface area contributed by atoms with E-state index in [-0.39, 0.29) is 17.7 Å². The first-order valence-electron chi connectivity index (χ1n) is 8.52. The molecule has 7 heteroatoms. The number of thiophene rings is 1. The van der Waals surface area contributed by atoms with Crippen molar-refractivity contribution in [3.63, 3.8) is 0 Å². The maximum atomic E-state index is 12.2. The number of amides is 2. The van der Waals surface area contributed by atoms with Crippen molar-refractivity contribution in [3.8, 4) is 0 Å². The molecule has 1 aromatic rings. The lowest BCUT2D eigenvalue weighted by Crippen LogP contribution is -2.43. The van der Waals surface area contributed by atoms with Crippen LogP contribution in [0, 0.1) is 11.8 Å². The molecule has 2 aliphatic rings. The Morgan fingerprint density at radius 1 is 1.21 bits per heavy atom. The van der Waals surface area contributed by atoms with E-state index in [2.05, 4.69) is 33.4 Å². The molecule has 4 nitrogen and oxygen atoms in total. The molecule has 1 aliphatic heterocycles. The highest BCUT2D eigenvalue weighted by molar-refractivity contribution is 9.11. The van der Waals surface area contributed by atoms with Gasteiger partial charge in [-0.15, -0.1) is 11.3 Å². The van der Waals surface area contributed by atoms with E-state index in [1.165, 1.54) is 4.88 Å². The summed E-state index contributed by atoms with van der Waals surface area (Å²) in [7, 11) is 0. The smallest absolute Gasteiger partial charge is 0.225 e. The second kappa shape index (κ2) is 8.72. The number of halogens is 1. The number of likely N-dealkylation sites (tertiary alicyclic amines) is 1.